The summed E-state index contributed by atoms with van der Waals surface area (Å²) in [6.07, 6.45) is 3.53. The molecule has 0 aliphatic carbocycles. The van der Waals surface area contributed by atoms with E-state index in [1.54, 1.807) is 13.2 Å². The second kappa shape index (κ2) is 4.67. The van der Waals surface area contributed by atoms with Crippen molar-refractivity contribution >= 4 is 6.08 Å². The zero-order chi connectivity index (χ0) is 9.68. The summed E-state index contributed by atoms with van der Waals surface area (Å²) in [6.45, 7) is 2.07. The molecule has 13 heavy (non-hydrogen) atoms. The monoisotopic (exact) mass is 178 g/mol. The Morgan fingerprint density at radius 2 is 2.23 bits per heavy atom. The van der Waals surface area contributed by atoms with Crippen LogP contribution in [0.4, 0.5) is 0 Å². The van der Waals surface area contributed by atoms with E-state index < -0.39 is 0 Å². The van der Waals surface area contributed by atoms with Crippen molar-refractivity contribution in [3.63, 3.8) is 0 Å². The van der Waals surface area contributed by atoms with Crippen molar-refractivity contribution in [1.82, 2.24) is 0 Å². The van der Waals surface area contributed by atoms with Crippen LogP contribution in [0.2, 0.25) is 0 Å². The lowest BCUT2D eigenvalue weighted by molar-refractivity contribution is 0.343. The van der Waals surface area contributed by atoms with Crippen molar-refractivity contribution < 1.29 is 9.84 Å². The van der Waals surface area contributed by atoms with Gasteiger partial charge in [-0.15, -0.1) is 0 Å². The standard InChI is InChI=1S/C11H14O2/c1-9-5-6-10(4-3-7-12)11(8-9)13-2/h3-6,8,12H,7H2,1-2H3. The highest BCUT2D eigenvalue weighted by molar-refractivity contribution is 5.58. The van der Waals surface area contributed by atoms with Crippen LogP contribution in [0.25, 0.3) is 6.08 Å². The van der Waals surface area contributed by atoms with Gasteiger partial charge in [0.15, 0.2) is 0 Å². The summed E-state index contributed by atoms with van der Waals surface area (Å²) in [7, 11) is 1.64. The normalized spacial score (nSPS) is 10.7. The molecule has 0 saturated carbocycles. The first-order valence-electron chi connectivity index (χ1n) is 4.20. The number of rotatable bonds is 3. The van der Waals surface area contributed by atoms with E-state index in [9.17, 15) is 0 Å². The number of methoxy groups -OCH3 is 1. The second-order valence-electron chi connectivity index (χ2n) is 2.83. The number of aliphatic hydroxyl groups is 1. The van der Waals surface area contributed by atoms with Crippen LogP contribution in [0.1, 0.15) is 11.1 Å². The number of aryl methyl sites for hydroxylation is 1. The average molecular weight is 178 g/mol. The van der Waals surface area contributed by atoms with Gasteiger partial charge in [0.1, 0.15) is 5.75 Å². The van der Waals surface area contributed by atoms with Crippen LogP contribution in [-0.2, 0) is 0 Å². The van der Waals surface area contributed by atoms with Gasteiger partial charge in [0, 0.05) is 5.56 Å². The molecular weight excluding hydrogens is 164 g/mol. The number of hydrogen-bond donors (Lipinski definition) is 1. The molecular formula is C11H14O2. The molecule has 0 spiro atoms. The summed E-state index contributed by atoms with van der Waals surface area (Å²) in [5.74, 6) is 0.838. The molecule has 0 aromatic heterocycles. The van der Waals surface area contributed by atoms with Crippen LogP contribution in [0.15, 0.2) is 24.3 Å². The van der Waals surface area contributed by atoms with E-state index in [1.807, 2.05) is 31.2 Å². The Kier molecular flexibility index (Phi) is 3.53. The first-order valence-corrected chi connectivity index (χ1v) is 4.20. The number of ether oxygens (including phenoxy) is 1. The molecule has 0 bridgehead atoms. The van der Waals surface area contributed by atoms with E-state index in [0.717, 1.165) is 16.9 Å². The molecule has 2 nitrogen and oxygen atoms in total. The third-order valence-corrected chi connectivity index (χ3v) is 1.79. The summed E-state index contributed by atoms with van der Waals surface area (Å²) >= 11 is 0. The highest BCUT2D eigenvalue weighted by Gasteiger charge is 1.98. The molecule has 1 N–H and O–H groups in total. The van der Waals surface area contributed by atoms with Crippen molar-refractivity contribution in [3.05, 3.63) is 35.4 Å². The van der Waals surface area contributed by atoms with Gasteiger partial charge in [-0.1, -0.05) is 24.3 Å². The van der Waals surface area contributed by atoms with E-state index in [4.69, 9.17) is 9.84 Å². The van der Waals surface area contributed by atoms with Gasteiger partial charge in [0.2, 0.25) is 0 Å². The summed E-state index contributed by atoms with van der Waals surface area (Å²) in [4.78, 5) is 0. The lowest BCUT2D eigenvalue weighted by Crippen LogP contribution is -1.87. The van der Waals surface area contributed by atoms with Crippen LogP contribution >= 0.6 is 0 Å². The highest BCUT2D eigenvalue weighted by atomic mass is 16.5. The fourth-order valence-corrected chi connectivity index (χ4v) is 1.14. The van der Waals surface area contributed by atoms with E-state index in [2.05, 4.69) is 0 Å². The van der Waals surface area contributed by atoms with Gasteiger partial charge in [-0.05, 0) is 18.6 Å². The van der Waals surface area contributed by atoms with Gasteiger partial charge in [-0.25, -0.2) is 0 Å². The van der Waals surface area contributed by atoms with Crippen LogP contribution in [0, 0.1) is 6.92 Å². The van der Waals surface area contributed by atoms with Crippen LogP contribution < -0.4 is 4.74 Å². The summed E-state index contributed by atoms with van der Waals surface area (Å²) < 4.78 is 5.19. The Labute approximate surface area is 78.5 Å². The van der Waals surface area contributed by atoms with E-state index in [1.165, 1.54) is 0 Å². The summed E-state index contributed by atoms with van der Waals surface area (Å²) in [5.41, 5.74) is 2.15. The number of hydrogen-bond acceptors (Lipinski definition) is 2. The Morgan fingerprint density at radius 3 is 2.85 bits per heavy atom. The fourth-order valence-electron chi connectivity index (χ4n) is 1.14. The third-order valence-electron chi connectivity index (χ3n) is 1.79. The second-order valence-corrected chi connectivity index (χ2v) is 2.83. The molecule has 1 rings (SSSR count). The Hall–Kier alpha value is -1.28. The fraction of sp³-hybridized carbons (Fsp3) is 0.273. The molecule has 2 heteroatoms. The topological polar surface area (TPSA) is 29.5 Å². The molecule has 0 aliphatic heterocycles. The summed E-state index contributed by atoms with van der Waals surface area (Å²) in [6, 6.07) is 5.96. The van der Waals surface area contributed by atoms with E-state index >= 15 is 0 Å². The lowest BCUT2D eigenvalue weighted by Gasteiger charge is -2.05. The molecule has 0 heterocycles. The lowest BCUT2D eigenvalue weighted by atomic mass is 10.1. The molecule has 1 aromatic carbocycles. The van der Waals surface area contributed by atoms with Gasteiger partial charge < -0.3 is 9.84 Å². The SMILES string of the molecule is COc1cc(C)ccc1C=CCO. The maximum Gasteiger partial charge on any atom is 0.126 e. The predicted molar refractivity (Wildman–Crippen MR) is 53.9 cm³/mol. The maximum absolute atomic E-state index is 8.62. The van der Waals surface area contributed by atoms with Crippen LogP contribution in [-0.4, -0.2) is 18.8 Å². The molecule has 70 valence electrons. The average Bonchev–Trinajstić information content (AvgIpc) is 2.16. The molecule has 0 aliphatic rings. The molecule has 0 fully saturated rings. The Bertz CT molecular complexity index is 303. The molecule has 0 atom stereocenters. The van der Waals surface area contributed by atoms with Crippen molar-refractivity contribution in [1.29, 1.82) is 0 Å². The Balaban J connectivity index is 2.99. The van der Waals surface area contributed by atoms with Gasteiger partial charge in [-0.2, -0.15) is 0 Å². The third kappa shape index (κ3) is 2.60. The van der Waals surface area contributed by atoms with Gasteiger partial charge in [0.05, 0.1) is 13.7 Å². The van der Waals surface area contributed by atoms with Crippen LogP contribution in [0.3, 0.4) is 0 Å². The minimum Gasteiger partial charge on any atom is -0.496 e. The van der Waals surface area contributed by atoms with Crippen molar-refractivity contribution in [2.75, 3.05) is 13.7 Å². The van der Waals surface area contributed by atoms with E-state index in [-0.39, 0.29) is 6.61 Å². The molecule has 0 radical (unpaired) electrons. The largest absolute Gasteiger partial charge is 0.496 e. The minimum absolute atomic E-state index is 0.0526. The molecule has 0 amide bonds. The molecule has 0 unspecified atom stereocenters. The zero-order valence-corrected chi connectivity index (χ0v) is 7.95. The van der Waals surface area contributed by atoms with Gasteiger partial charge in [-0.3, -0.25) is 0 Å². The number of aliphatic hydroxyl groups excluding tert-OH is 1. The highest BCUT2D eigenvalue weighted by Crippen LogP contribution is 2.20. The van der Waals surface area contributed by atoms with Crippen molar-refractivity contribution in [2.45, 2.75) is 6.92 Å². The summed E-state index contributed by atoms with van der Waals surface area (Å²) in [5, 5.41) is 8.62. The van der Waals surface area contributed by atoms with Crippen LogP contribution in [0.5, 0.6) is 5.75 Å². The predicted octanol–water partition coefficient (Wildman–Crippen LogP) is 2.01. The zero-order valence-electron chi connectivity index (χ0n) is 7.95. The Morgan fingerprint density at radius 1 is 1.46 bits per heavy atom. The molecule has 0 saturated heterocycles. The minimum atomic E-state index is 0.0526. The van der Waals surface area contributed by atoms with Crippen molar-refractivity contribution in [3.8, 4) is 5.75 Å². The van der Waals surface area contributed by atoms with Gasteiger partial charge in [0.25, 0.3) is 0 Å². The maximum atomic E-state index is 8.62. The molecule has 1 aromatic rings. The first kappa shape index (κ1) is 9.81. The van der Waals surface area contributed by atoms with Gasteiger partial charge >= 0.3 is 0 Å². The van der Waals surface area contributed by atoms with E-state index in [0.29, 0.717) is 0 Å². The quantitative estimate of drug-likeness (QED) is 0.767. The smallest absolute Gasteiger partial charge is 0.126 e. The first-order chi connectivity index (χ1) is 6.27. The van der Waals surface area contributed by atoms with Crippen molar-refractivity contribution in [2.24, 2.45) is 0 Å². The number of benzene rings is 1.